The fourth-order valence-corrected chi connectivity index (χ4v) is 3.02. The molecular formula is C17H21ClN2O. The van der Waals surface area contributed by atoms with Gasteiger partial charge in [0, 0.05) is 17.1 Å². The van der Waals surface area contributed by atoms with Crippen molar-refractivity contribution in [2.75, 3.05) is 12.4 Å². The van der Waals surface area contributed by atoms with E-state index >= 15 is 0 Å². The maximum absolute atomic E-state index is 6.16. The normalized spacial score (nSPS) is 12.1. The summed E-state index contributed by atoms with van der Waals surface area (Å²) < 4.78 is 5.17. The molecule has 2 rings (SSSR count). The Bertz CT molecular complexity index is 632. The monoisotopic (exact) mass is 304 g/mol. The predicted octanol–water partition coefficient (Wildman–Crippen LogP) is 4.84. The number of benzene rings is 1. The minimum Gasteiger partial charge on any atom is -0.495 e. The van der Waals surface area contributed by atoms with E-state index in [-0.39, 0.29) is 6.04 Å². The smallest absolute Gasteiger partial charge is 0.137 e. The standard InChI is InChI=1S/C17H21ClN2O/c1-10-8-11(2)19-12(3)17(10)13(4)20-14-6-7-16(21-5)15(18)9-14/h6-9,13,20H,1-5H3. The van der Waals surface area contributed by atoms with E-state index in [0.29, 0.717) is 10.8 Å². The second kappa shape index (κ2) is 6.35. The molecule has 0 fully saturated rings. The van der Waals surface area contributed by atoms with Gasteiger partial charge in [0.15, 0.2) is 0 Å². The maximum Gasteiger partial charge on any atom is 0.137 e. The van der Waals surface area contributed by atoms with E-state index < -0.39 is 0 Å². The zero-order valence-electron chi connectivity index (χ0n) is 13.1. The summed E-state index contributed by atoms with van der Waals surface area (Å²) in [5.74, 6) is 0.680. The van der Waals surface area contributed by atoms with Gasteiger partial charge in [-0.25, -0.2) is 0 Å². The molecule has 3 nitrogen and oxygen atoms in total. The van der Waals surface area contributed by atoms with E-state index in [1.54, 1.807) is 7.11 Å². The Labute approximate surface area is 131 Å². The van der Waals surface area contributed by atoms with Gasteiger partial charge in [-0.05, 0) is 63.1 Å². The quantitative estimate of drug-likeness (QED) is 0.877. The first-order valence-electron chi connectivity index (χ1n) is 6.97. The van der Waals surface area contributed by atoms with Crippen molar-refractivity contribution < 1.29 is 4.74 Å². The molecule has 0 bridgehead atoms. The van der Waals surface area contributed by atoms with Crippen molar-refractivity contribution in [3.8, 4) is 5.75 Å². The highest BCUT2D eigenvalue weighted by atomic mass is 35.5. The zero-order chi connectivity index (χ0) is 15.6. The van der Waals surface area contributed by atoms with Crippen molar-refractivity contribution in [2.24, 2.45) is 0 Å². The van der Waals surface area contributed by atoms with Crippen molar-refractivity contribution in [3.63, 3.8) is 0 Å². The van der Waals surface area contributed by atoms with Crippen LogP contribution in [0.1, 0.15) is 35.5 Å². The first kappa shape index (κ1) is 15.6. The van der Waals surface area contributed by atoms with Crippen LogP contribution >= 0.6 is 11.6 Å². The molecule has 1 atom stereocenters. The van der Waals surface area contributed by atoms with Crippen LogP contribution in [0.15, 0.2) is 24.3 Å². The van der Waals surface area contributed by atoms with Crippen LogP contribution in [0.3, 0.4) is 0 Å². The van der Waals surface area contributed by atoms with Gasteiger partial charge in [-0.15, -0.1) is 0 Å². The van der Waals surface area contributed by atoms with Crippen molar-refractivity contribution in [3.05, 3.63) is 51.8 Å². The molecule has 0 aliphatic carbocycles. The SMILES string of the molecule is COc1ccc(NC(C)c2c(C)cc(C)nc2C)cc1Cl. The number of ether oxygens (including phenoxy) is 1. The summed E-state index contributed by atoms with van der Waals surface area (Å²) in [6.07, 6.45) is 0. The molecule has 1 unspecified atom stereocenters. The van der Waals surface area contributed by atoms with E-state index in [9.17, 15) is 0 Å². The summed E-state index contributed by atoms with van der Waals surface area (Å²) >= 11 is 6.16. The number of aryl methyl sites for hydroxylation is 3. The molecule has 21 heavy (non-hydrogen) atoms. The highest BCUT2D eigenvalue weighted by Gasteiger charge is 2.13. The number of rotatable bonds is 4. The van der Waals surface area contributed by atoms with Gasteiger partial charge < -0.3 is 10.1 Å². The summed E-state index contributed by atoms with van der Waals surface area (Å²) in [7, 11) is 1.61. The summed E-state index contributed by atoms with van der Waals surface area (Å²) in [6.45, 7) is 8.32. The topological polar surface area (TPSA) is 34.1 Å². The van der Waals surface area contributed by atoms with Crippen LogP contribution in [0, 0.1) is 20.8 Å². The Kier molecular flexibility index (Phi) is 4.73. The highest BCUT2D eigenvalue weighted by molar-refractivity contribution is 6.32. The fourth-order valence-electron chi connectivity index (χ4n) is 2.77. The average molecular weight is 305 g/mol. The van der Waals surface area contributed by atoms with Crippen molar-refractivity contribution in [1.82, 2.24) is 4.98 Å². The van der Waals surface area contributed by atoms with Gasteiger partial charge in [-0.3, -0.25) is 4.98 Å². The van der Waals surface area contributed by atoms with Crippen LogP contribution in [0.4, 0.5) is 5.69 Å². The van der Waals surface area contributed by atoms with Crippen LogP contribution in [0.5, 0.6) is 5.75 Å². The lowest BCUT2D eigenvalue weighted by Crippen LogP contribution is -2.11. The number of nitrogens with zero attached hydrogens (tertiary/aromatic N) is 1. The molecule has 2 aromatic rings. The number of nitrogens with one attached hydrogen (secondary N) is 1. The van der Waals surface area contributed by atoms with Gasteiger partial charge in [0.1, 0.15) is 5.75 Å². The molecule has 112 valence electrons. The number of halogens is 1. The summed E-state index contributed by atoms with van der Waals surface area (Å²) in [5.41, 5.74) is 5.56. The number of aromatic nitrogens is 1. The Hall–Kier alpha value is -1.74. The number of pyridine rings is 1. The Morgan fingerprint density at radius 1 is 1.19 bits per heavy atom. The number of methoxy groups -OCH3 is 1. The highest BCUT2D eigenvalue weighted by Crippen LogP contribution is 2.30. The zero-order valence-corrected chi connectivity index (χ0v) is 13.9. The van der Waals surface area contributed by atoms with E-state index in [1.807, 2.05) is 25.1 Å². The van der Waals surface area contributed by atoms with Gasteiger partial charge in [-0.1, -0.05) is 11.6 Å². The summed E-state index contributed by atoms with van der Waals surface area (Å²) in [6, 6.07) is 7.98. The molecule has 1 N–H and O–H groups in total. The van der Waals surface area contributed by atoms with Crippen molar-refractivity contribution in [2.45, 2.75) is 33.7 Å². The van der Waals surface area contributed by atoms with Gasteiger partial charge in [-0.2, -0.15) is 0 Å². The molecule has 1 aromatic heterocycles. The first-order valence-corrected chi connectivity index (χ1v) is 7.35. The fraction of sp³-hybridized carbons (Fsp3) is 0.353. The number of anilines is 1. The second-order valence-corrected chi connectivity index (χ2v) is 5.70. The van der Waals surface area contributed by atoms with Crippen LogP contribution in [-0.4, -0.2) is 12.1 Å². The molecule has 0 radical (unpaired) electrons. The Morgan fingerprint density at radius 3 is 2.48 bits per heavy atom. The lowest BCUT2D eigenvalue weighted by Gasteiger charge is -2.20. The first-order chi connectivity index (χ1) is 9.92. The molecule has 0 aliphatic rings. The second-order valence-electron chi connectivity index (χ2n) is 5.29. The van der Waals surface area contributed by atoms with E-state index in [4.69, 9.17) is 16.3 Å². The Balaban J connectivity index is 2.26. The minimum absolute atomic E-state index is 0.155. The van der Waals surface area contributed by atoms with Crippen LogP contribution in [0.25, 0.3) is 0 Å². The molecule has 1 heterocycles. The van der Waals surface area contributed by atoms with Crippen molar-refractivity contribution >= 4 is 17.3 Å². The molecule has 0 saturated heterocycles. The molecule has 0 aliphatic heterocycles. The largest absolute Gasteiger partial charge is 0.495 e. The van der Waals surface area contributed by atoms with Gasteiger partial charge in [0.05, 0.1) is 18.2 Å². The van der Waals surface area contributed by atoms with E-state index in [0.717, 1.165) is 17.1 Å². The van der Waals surface area contributed by atoms with Crippen molar-refractivity contribution in [1.29, 1.82) is 0 Å². The third-order valence-electron chi connectivity index (χ3n) is 3.55. The van der Waals surface area contributed by atoms with E-state index in [2.05, 4.69) is 37.1 Å². The van der Waals surface area contributed by atoms with Gasteiger partial charge in [0.25, 0.3) is 0 Å². The van der Waals surface area contributed by atoms with Crippen LogP contribution < -0.4 is 10.1 Å². The van der Waals surface area contributed by atoms with Crippen LogP contribution in [0.2, 0.25) is 5.02 Å². The lowest BCUT2D eigenvalue weighted by molar-refractivity contribution is 0.415. The average Bonchev–Trinajstić information content (AvgIpc) is 2.37. The molecular weight excluding hydrogens is 284 g/mol. The molecule has 1 aromatic carbocycles. The van der Waals surface area contributed by atoms with Crippen LogP contribution in [-0.2, 0) is 0 Å². The lowest BCUT2D eigenvalue weighted by atomic mass is 10.00. The molecule has 0 amide bonds. The number of hydrogen-bond donors (Lipinski definition) is 1. The molecule has 0 spiro atoms. The summed E-state index contributed by atoms with van der Waals surface area (Å²) in [5, 5.41) is 4.07. The van der Waals surface area contributed by atoms with Gasteiger partial charge >= 0.3 is 0 Å². The molecule has 4 heteroatoms. The summed E-state index contributed by atoms with van der Waals surface area (Å²) in [4.78, 5) is 4.56. The predicted molar refractivity (Wildman–Crippen MR) is 88.5 cm³/mol. The minimum atomic E-state index is 0.155. The Morgan fingerprint density at radius 2 is 1.90 bits per heavy atom. The van der Waals surface area contributed by atoms with Gasteiger partial charge in [0.2, 0.25) is 0 Å². The third-order valence-corrected chi connectivity index (χ3v) is 3.85. The van der Waals surface area contributed by atoms with E-state index in [1.165, 1.54) is 11.1 Å². The number of hydrogen-bond acceptors (Lipinski definition) is 3. The third kappa shape index (κ3) is 3.48. The molecule has 0 saturated carbocycles. The maximum atomic E-state index is 6.16.